The molecule has 1 aromatic carbocycles. The summed E-state index contributed by atoms with van der Waals surface area (Å²) in [6.45, 7) is 0.952. The number of hydrogen-bond acceptors (Lipinski definition) is 3. The van der Waals surface area contributed by atoms with Crippen LogP contribution in [0, 0.1) is 11.8 Å². The van der Waals surface area contributed by atoms with Crippen LogP contribution in [-0.4, -0.2) is 47.7 Å². The van der Waals surface area contributed by atoms with E-state index in [0.29, 0.717) is 5.69 Å². The lowest BCUT2D eigenvalue weighted by molar-refractivity contribution is -0.188. The summed E-state index contributed by atoms with van der Waals surface area (Å²) in [6.07, 6.45) is -3.73. The van der Waals surface area contributed by atoms with Crippen LogP contribution in [0.3, 0.4) is 0 Å². The highest BCUT2D eigenvalue weighted by Gasteiger charge is 2.52. The van der Waals surface area contributed by atoms with E-state index in [1.165, 1.54) is 4.90 Å². The van der Waals surface area contributed by atoms with Crippen LogP contribution in [0.1, 0.15) is 12.5 Å². The van der Waals surface area contributed by atoms with Crippen molar-refractivity contribution in [3.8, 4) is 0 Å². The first-order valence-electron chi connectivity index (χ1n) is 7.61. The quantitative estimate of drug-likeness (QED) is 0.860. The molecule has 1 amide bonds. The molecule has 24 heavy (non-hydrogen) atoms. The topological polar surface area (TPSA) is 69.6 Å². The number of halogens is 3. The predicted molar refractivity (Wildman–Crippen MR) is 81.6 cm³/mol. The maximum absolute atomic E-state index is 12.9. The van der Waals surface area contributed by atoms with E-state index in [-0.39, 0.29) is 13.1 Å². The molecule has 1 fully saturated rings. The van der Waals surface area contributed by atoms with Gasteiger partial charge in [0.05, 0.1) is 18.4 Å². The molecule has 1 aliphatic rings. The number of amides is 1. The number of carbonyl (C=O) groups is 2. The van der Waals surface area contributed by atoms with Gasteiger partial charge < -0.3 is 10.4 Å². The highest BCUT2D eigenvalue weighted by atomic mass is 19.4. The van der Waals surface area contributed by atoms with Gasteiger partial charge >= 0.3 is 12.1 Å². The summed E-state index contributed by atoms with van der Waals surface area (Å²) in [5, 5.41) is 11.6. The molecule has 1 aliphatic heterocycles. The summed E-state index contributed by atoms with van der Waals surface area (Å²) >= 11 is 0. The summed E-state index contributed by atoms with van der Waals surface area (Å²) in [5.41, 5.74) is 1.66. The Morgan fingerprint density at radius 2 is 1.88 bits per heavy atom. The Morgan fingerprint density at radius 1 is 1.25 bits per heavy atom. The third-order valence-electron chi connectivity index (χ3n) is 4.15. The highest BCUT2D eigenvalue weighted by molar-refractivity contribution is 5.92. The number of benzene rings is 1. The standard InChI is InChI=1S/C16H19F3N2O3/c1-2-10-3-5-11(6-4-10)20-14(22)9-21-7-12(15(23)24)13(8-21)16(17,18)19/h3-6,12-13H,2,7-9H2,1H3,(H,20,22)(H,23,24)/t12-,13-/m1/s1. The first kappa shape index (κ1) is 18.3. The fourth-order valence-electron chi connectivity index (χ4n) is 2.82. The maximum Gasteiger partial charge on any atom is 0.393 e. The molecule has 1 saturated heterocycles. The van der Waals surface area contributed by atoms with Crippen molar-refractivity contribution in [2.45, 2.75) is 19.5 Å². The van der Waals surface area contributed by atoms with Gasteiger partial charge in [0.1, 0.15) is 0 Å². The largest absolute Gasteiger partial charge is 0.481 e. The molecule has 0 saturated carbocycles. The molecule has 1 heterocycles. The number of aryl methyl sites for hydroxylation is 1. The van der Waals surface area contributed by atoms with Gasteiger partial charge in [-0.25, -0.2) is 0 Å². The number of nitrogens with one attached hydrogen (secondary N) is 1. The molecule has 5 nitrogen and oxygen atoms in total. The molecule has 0 bridgehead atoms. The van der Waals surface area contributed by atoms with Crippen molar-refractivity contribution < 1.29 is 27.9 Å². The zero-order chi connectivity index (χ0) is 17.9. The first-order chi connectivity index (χ1) is 11.2. The Bertz CT molecular complexity index is 602. The van der Waals surface area contributed by atoms with Gasteiger partial charge in [-0.3, -0.25) is 14.5 Å². The van der Waals surface area contributed by atoms with E-state index >= 15 is 0 Å². The van der Waals surface area contributed by atoms with E-state index in [4.69, 9.17) is 5.11 Å². The molecule has 2 N–H and O–H groups in total. The van der Waals surface area contributed by atoms with E-state index in [1.54, 1.807) is 12.1 Å². The third-order valence-corrected chi connectivity index (χ3v) is 4.15. The van der Waals surface area contributed by atoms with Gasteiger partial charge in [-0.2, -0.15) is 13.2 Å². The molecular weight excluding hydrogens is 325 g/mol. The summed E-state index contributed by atoms with van der Waals surface area (Å²) < 4.78 is 38.7. The first-order valence-corrected chi connectivity index (χ1v) is 7.61. The van der Waals surface area contributed by atoms with Crippen LogP contribution < -0.4 is 5.32 Å². The van der Waals surface area contributed by atoms with Crippen molar-refractivity contribution in [1.29, 1.82) is 0 Å². The second kappa shape index (κ2) is 7.21. The van der Waals surface area contributed by atoms with E-state index in [0.717, 1.165) is 12.0 Å². The van der Waals surface area contributed by atoms with Crippen LogP contribution in [0.25, 0.3) is 0 Å². The summed E-state index contributed by atoms with van der Waals surface area (Å²) in [5.74, 6) is -5.45. The number of carboxylic acid groups (broad SMARTS) is 1. The van der Waals surface area contributed by atoms with Crippen molar-refractivity contribution >= 4 is 17.6 Å². The Hall–Kier alpha value is -2.09. The fourth-order valence-corrected chi connectivity index (χ4v) is 2.82. The van der Waals surface area contributed by atoms with Crippen LogP contribution >= 0.6 is 0 Å². The van der Waals surface area contributed by atoms with Gasteiger partial charge in [-0.1, -0.05) is 19.1 Å². The van der Waals surface area contributed by atoms with E-state index in [2.05, 4.69) is 5.32 Å². The van der Waals surface area contributed by atoms with E-state index in [1.807, 2.05) is 19.1 Å². The molecule has 1 aromatic rings. The summed E-state index contributed by atoms with van der Waals surface area (Å²) in [4.78, 5) is 24.2. The Balaban J connectivity index is 1.95. The number of carbonyl (C=O) groups excluding carboxylic acids is 1. The lowest BCUT2D eigenvalue weighted by atomic mass is 9.96. The van der Waals surface area contributed by atoms with Crippen LogP contribution in [0.5, 0.6) is 0 Å². The molecule has 0 unspecified atom stereocenters. The minimum Gasteiger partial charge on any atom is -0.481 e. The second-order valence-electron chi connectivity index (χ2n) is 5.89. The van der Waals surface area contributed by atoms with Crippen LogP contribution in [-0.2, 0) is 16.0 Å². The van der Waals surface area contributed by atoms with Gasteiger partial charge in [0.15, 0.2) is 0 Å². The lowest BCUT2D eigenvalue weighted by Gasteiger charge is -2.18. The zero-order valence-corrected chi connectivity index (χ0v) is 13.1. The number of likely N-dealkylation sites (tertiary alicyclic amines) is 1. The summed E-state index contributed by atoms with van der Waals surface area (Å²) in [7, 11) is 0. The van der Waals surface area contributed by atoms with Crippen LogP contribution in [0.2, 0.25) is 0 Å². The average molecular weight is 344 g/mol. The van der Waals surface area contributed by atoms with Gasteiger partial charge in [-0.05, 0) is 24.1 Å². The number of anilines is 1. The van der Waals surface area contributed by atoms with Crippen molar-refractivity contribution in [2.24, 2.45) is 11.8 Å². The lowest BCUT2D eigenvalue weighted by Crippen LogP contribution is -2.34. The molecule has 0 aliphatic carbocycles. The van der Waals surface area contributed by atoms with Gasteiger partial charge in [0.2, 0.25) is 5.91 Å². The minimum absolute atomic E-state index is 0.272. The predicted octanol–water partition coefficient (Wildman–Crippen LogP) is 2.38. The second-order valence-corrected chi connectivity index (χ2v) is 5.89. The Labute approximate surface area is 137 Å². The van der Waals surface area contributed by atoms with E-state index < -0.39 is 36.4 Å². The van der Waals surface area contributed by atoms with E-state index in [9.17, 15) is 22.8 Å². The monoisotopic (exact) mass is 344 g/mol. The smallest absolute Gasteiger partial charge is 0.393 e. The molecule has 0 spiro atoms. The average Bonchev–Trinajstić information content (AvgIpc) is 2.92. The number of nitrogens with zero attached hydrogens (tertiary/aromatic N) is 1. The number of alkyl halides is 3. The fraction of sp³-hybridized carbons (Fsp3) is 0.500. The van der Waals surface area contributed by atoms with Crippen molar-refractivity contribution in [2.75, 3.05) is 25.0 Å². The molecule has 2 rings (SSSR count). The minimum atomic E-state index is -4.59. The van der Waals surface area contributed by atoms with Crippen molar-refractivity contribution in [3.63, 3.8) is 0 Å². The molecular formula is C16H19F3N2O3. The Kier molecular flexibility index (Phi) is 5.48. The SMILES string of the molecule is CCc1ccc(NC(=O)CN2C[C@@H](C(F)(F)F)[C@H](C(=O)O)C2)cc1. The van der Waals surface area contributed by atoms with Crippen LogP contribution in [0.4, 0.5) is 18.9 Å². The third kappa shape index (κ3) is 4.47. The molecule has 2 atom stereocenters. The zero-order valence-electron chi connectivity index (χ0n) is 13.1. The van der Waals surface area contributed by atoms with Gasteiger partial charge in [0, 0.05) is 18.8 Å². The molecule has 132 valence electrons. The highest BCUT2D eigenvalue weighted by Crippen LogP contribution is 2.37. The van der Waals surface area contributed by atoms with Crippen molar-refractivity contribution in [3.05, 3.63) is 29.8 Å². The normalized spacial score (nSPS) is 21.7. The number of hydrogen-bond donors (Lipinski definition) is 2. The van der Waals surface area contributed by atoms with Crippen LogP contribution in [0.15, 0.2) is 24.3 Å². The Morgan fingerprint density at radius 3 is 2.33 bits per heavy atom. The van der Waals surface area contributed by atoms with Gasteiger partial charge in [-0.15, -0.1) is 0 Å². The van der Waals surface area contributed by atoms with Crippen molar-refractivity contribution in [1.82, 2.24) is 4.90 Å². The van der Waals surface area contributed by atoms with Gasteiger partial charge in [0.25, 0.3) is 0 Å². The molecule has 8 heteroatoms. The summed E-state index contributed by atoms with van der Waals surface area (Å²) in [6, 6.07) is 7.15. The number of rotatable bonds is 5. The molecule has 0 radical (unpaired) electrons. The maximum atomic E-state index is 12.9. The number of carboxylic acids is 1. The molecule has 0 aromatic heterocycles. The number of aliphatic carboxylic acids is 1.